The van der Waals surface area contributed by atoms with Crippen LogP contribution in [0.5, 0.6) is 11.5 Å². The van der Waals surface area contributed by atoms with Crippen LogP contribution >= 0.6 is 0 Å². The molecule has 0 unspecified atom stereocenters. The van der Waals surface area contributed by atoms with E-state index in [0.29, 0.717) is 11.3 Å². The van der Waals surface area contributed by atoms with E-state index in [1.807, 2.05) is 0 Å². The van der Waals surface area contributed by atoms with Gasteiger partial charge in [0.25, 0.3) is 0 Å². The minimum Gasteiger partial charge on any atom is -0.493 e. The van der Waals surface area contributed by atoms with Gasteiger partial charge in [-0.2, -0.15) is 0 Å². The third kappa shape index (κ3) is 10.5. The molecule has 44 heavy (non-hydrogen) atoms. The number of benzene rings is 1. The average molecular weight is 614 g/mol. The van der Waals surface area contributed by atoms with Gasteiger partial charge in [0.2, 0.25) is 0 Å². The summed E-state index contributed by atoms with van der Waals surface area (Å²) in [6, 6.07) is 6.62. The Kier molecular flexibility index (Phi) is 11.1. The first-order valence-electron chi connectivity index (χ1n) is 13.9. The van der Waals surface area contributed by atoms with E-state index in [1.54, 1.807) is 86.6 Å². The molecule has 0 atom stereocenters. The Bertz CT molecular complexity index is 1410. The van der Waals surface area contributed by atoms with Crippen molar-refractivity contribution in [1.82, 2.24) is 4.98 Å². The molecule has 2 aromatic rings. The molecule has 13 nitrogen and oxygen atoms in total. The number of aromatic nitrogens is 1. The highest BCUT2D eigenvalue weighted by atomic mass is 16.6. The van der Waals surface area contributed by atoms with Crippen LogP contribution in [-0.2, 0) is 14.2 Å². The summed E-state index contributed by atoms with van der Waals surface area (Å²) < 4.78 is 28.4. The van der Waals surface area contributed by atoms with Gasteiger partial charge in [-0.3, -0.25) is 10.8 Å². The number of esters is 3. The van der Waals surface area contributed by atoms with Crippen LogP contribution in [0.2, 0.25) is 0 Å². The van der Waals surface area contributed by atoms with Crippen molar-refractivity contribution in [3.63, 3.8) is 0 Å². The van der Waals surface area contributed by atoms with Crippen molar-refractivity contribution in [2.75, 3.05) is 13.2 Å². The molecule has 0 bridgehead atoms. The van der Waals surface area contributed by atoms with Gasteiger partial charge in [0.05, 0.1) is 13.2 Å². The summed E-state index contributed by atoms with van der Waals surface area (Å²) in [6.45, 7) is 14.7. The minimum atomic E-state index is -1.02. The highest BCUT2D eigenvalue weighted by molar-refractivity contribution is 6.14. The van der Waals surface area contributed by atoms with E-state index in [9.17, 15) is 14.4 Å². The number of nitrogens with one attached hydrogen (secondary N) is 2. The minimum absolute atomic E-state index is 0.0679. The lowest BCUT2D eigenvalue weighted by Crippen LogP contribution is -2.33. The van der Waals surface area contributed by atoms with Gasteiger partial charge in [0.1, 0.15) is 51.0 Å². The normalized spacial score (nSPS) is 11.8. The second-order valence-corrected chi connectivity index (χ2v) is 12.8. The Hall–Kier alpha value is -4.68. The van der Waals surface area contributed by atoms with Crippen LogP contribution < -0.4 is 20.9 Å². The highest BCUT2D eigenvalue weighted by Gasteiger charge is 2.38. The number of rotatable bonds is 11. The molecule has 0 radical (unpaired) electrons. The number of pyridine rings is 1. The molecule has 2 rings (SSSR count). The molecule has 0 aliphatic heterocycles. The summed E-state index contributed by atoms with van der Waals surface area (Å²) in [5.41, 5.74) is 6.97. The van der Waals surface area contributed by atoms with Gasteiger partial charge in [-0.1, -0.05) is 0 Å². The van der Waals surface area contributed by atoms with Crippen molar-refractivity contribution < 1.29 is 38.1 Å². The second-order valence-electron chi connectivity index (χ2n) is 12.8. The SMILES string of the molecule is CC(C)(C)OC(=O)c1nc(C(=N)N)c(C(=O)OC(C)(C)C)c(C(=O)OC(C)(C)C)c1OCCCOc1ccc(C(=N)N)cc1. The maximum absolute atomic E-state index is 13.7. The van der Waals surface area contributed by atoms with Crippen LogP contribution in [-0.4, -0.2) is 64.6 Å². The van der Waals surface area contributed by atoms with E-state index >= 15 is 0 Å². The summed E-state index contributed by atoms with van der Waals surface area (Å²) in [7, 11) is 0. The maximum Gasteiger partial charge on any atom is 0.361 e. The number of nitrogens with zero attached hydrogens (tertiary/aromatic N) is 1. The number of nitrogens with two attached hydrogens (primary N) is 2. The lowest BCUT2D eigenvalue weighted by atomic mass is 10.0. The molecule has 0 saturated heterocycles. The largest absolute Gasteiger partial charge is 0.493 e. The van der Waals surface area contributed by atoms with Gasteiger partial charge in [-0.15, -0.1) is 0 Å². The van der Waals surface area contributed by atoms with Crippen LogP contribution in [0, 0.1) is 10.8 Å². The molecular formula is C31H43N5O8. The van der Waals surface area contributed by atoms with Gasteiger partial charge >= 0.3 is 17.9 Å². The Morgan fingerprint density at radius 3 is 1.57 bits per heavy atom. The average Bonchev–Trinajstić information content (AvgIpc) is 2.84. The lowest BCUT2D eigenvalue weighted by Gasteiger charge is -2.26. The van der Waals surface area contributed by atoms with Crippen LogP contribution in [0.4, 0.5) is 0 Å². The fourth-order valence-corrected chi connectivity index (χ4v) is 3.57. The maximum atomic E-state index is 13.7. The molecular weight excluding hydrogens is 570 g/mol. The van der Waals surface area contributed by atoms with Crippen molar-refractivity contribution in [2.24, 2.45) is 11.5 Å². The standard InChI is InChI=1S/C31H43N5O8/c1-29(2,3)42-26(37)19-20(27(38)43-30(4,5)6)23(22(36-21(19)25(34)35)28(39)44-31(7,8)9)41-16-10-15-40-18-13-11-17(12-14-18)24(32)33/h11-14H,10,15-16H2,1-9H3,(H3,32,33)(H3,34,35). The molecule has 0 amide bonds. The van der Waals surface area contributed by atoms with Crippen molar-refractivity contribution in [2.45, 2.75) is 85.5 Å². The molecule has 0 saturated carbocycles. The first kappa shape index (κ1) is 35.5. The van der Waals surface area contributed by atoms with Crippen LogP contribution in [0.1, 0.15) is 111 Å². The summed E-state index contributed by atoms with van der Waals surface area (Å²) in [4.78, 5) is 44.8. The van der Waals surface area contributed by atoms with Crippen molar-refractivity contribution >= 4 is 29.6 Å². The van der Waals surface area contributed by atoms with E-state index in [0.717, 1.165) is 0 Å². The zero-order chi connectivity index (χ0) is 33.6. The predicted octanol–water partition coefficient (Wildman–Crippen LogP) is 4.36. The predicted molar refractivity (Wildman–Crippen MR) is 164 cm³/mol. The Balaban J connectivity index is 2.63. The number of amidine groups is 2. The number of carbonyl (C=O) groups is 3. The van der Waals surface area contributed by atoms with Crippen molar-refractivity contribution in [1.29, 1.82) is 10.8 Å². The molecule has 1 heterocycles. The third-order valence-electron chi connectivity index (χ3n) is 5.18. The Morgan fingerprint density at radius 1 is 0.659 bits per heavy atom. The summed E-state index contributed by atoms with van der Waals surface area (Å²) in [5.74, 6) is -3.64. The molecule has 0 aliphatic rings. The number of carbonyl (C=O) groups excluding carboxylic acids is 3. The molecule has 1 aromatic carbocycles. The summed E-state index contributed by atoms with van der Waals surface area (Å²) in [5, 5.41) is 15.6. The van der Waals surface area contributed by atoms with Crippen molar-refractivity contribution in [3.05, 3.63) is 52.3 Å². The fraction of sp³-hybridized carbons (Fsp3) is 0.484. The third-order valence-corrected chi connectivity index (χ3v) is 5.18. The van der Waals surface area contributed by atoms with Crippen LogP contribution in [0.3, 0.4) is 0 Å². The van der Waals surface area contributed by atoms with Gasteiger partial charge in [0.15, 0.2) is 11.4 Å². The molecule has 240 valence electrons. The zero-order valence-corrected chi connectivity index (χ0v) is 26.8. The van der Waals surface area contributed by atoms with E-state index < -0.39 is 63.1 Å². The topological polar surface area (TPSA) is 210 Å². The van der Waals surface area contributed by atoms with E-state index in [2.05, 4.69) is 4.98 Å². The number of nitrogen functional groups attached to an aromatic ring is 2. The molecule has 0 spiro atoms. The van der Waals surface area contributed by atoms with Gasteiger partial charge in [-0.05, 0) is 86.6 Å². The quantitative estimate of drug-likeness (QED) is 0.0919. The summed E-state index contributed by atoms with van der Waals surface area (Å²) >= 11 is 0. The first-order valence-corrected chi connectivity index (χ1v) is 13.9. The van der Waals surface area contributed by atoms with Crippen LogP contribution in [0.15, 0.2) is 24.3 Å². The van der Waals surface area contributed by atoms with Crippen molar-refractivity contribution in [3.8, 4) is 11.5 Å². The molecule has 13 heteroatoms. The first-order chi connectivity index (χ1) is 20.1. The Labute approximate surface area is 257 Å². The smallest absolute Gasteiger partial charge is 0.361 e. The molecule has 1 aromatic heterocycles. The van der Waals surface area contributed by atoms with E-state index in [1.165, 1.54) is 0 Å². The fourth-order valence-electron chi connectivity index (χ4n) is 3.57. The van der Waals surface area contributed by atoms with Gasteiger partial charge in [0, 0.05) is 12.0 Å². The molecule has 6 N–H and O–H groups in total. The number of hydrogen-bond acceptors (Lipinski definition) is 11. The van der Waals surface area contributed by atoms with Gasteiger partial charge < -0.3 is 35.2 Å². The lowest BCUT2D eigenvalue weighted by molar-refractivity contribution is 0.000855. The molecule has 0 aliphatic carbocycles. The van der Waals surface area contributed by atoms with Crippen LogP contribution in [0.25, 0.3) is 0 Å². The van der Waals surface area contributed by atoms with Gasteiger partial charge in [-0.25, -0.2) is 19.4 Å². The highest BCUT2D eigenvalue weighted by Crippen LogP contribution is 2.33. The monoisotopic (exact) mass is 613 g/mol. The number of hydrogen-bond donors (Lipinski definition) is 4. The van der Waals surface area contributed by atoms with E-state index in [-0.39, 0.29) is 31.2 Å². The Morgan fingerprint density at radius 2 is 1.11 bits per heavy atom. The summed E-state index contributed by atoms with van der Waals surface area (Å²) in [6.07, 6.45) is 0.270. The second kappa shape index (κ2) is 13.7. The number of ether oxygens (including phenoxy) is 5. The van der Waals surface area contributed by atoms with E-state index in [4.69, 9.17) is 46.0 Å². The zero-order valence-electron chi connectivity index (χ0n) is 26.8. The molecule has 0 fully saturated rings.